The maximum Gasteiger partial charge on any atom is 0.419 e. The Balaban J connectivity index is 1.36. The van der Waals surface area contributed by atoms with Crippen LogP contribution in [0.4, 0.5) is 10.5 Å². The van der Waals surface area contributed by atoms with Gasteiger partial charge in [0.15, 0.2) is 0 Å². The van der Waals surface area contributed by atoms with E-state index in [9.17, 15) is 14.4 Å². The van der Waals surface area contributed by atoms with Crippen LogP contribution >= 0.6 is 0 Å². The van der Waals surface area contributed by atoms with Gasteiger partial charge in [0.05, 0.1) is 11.1 Å². The van der Waals surface area contributed by atoms with Crippen LogP contribution in [0, 0.1) is 5.41 Å². The lowest BCUT2D eigenvalue weighted by atomic mass is 9.94. The molecule has 9 heteroatoms. The monoisotopic (exact) mass is 595 g/mol. The molecule has 0 aliphatic carbocycles. The van der Waals surface area contributed by atoms with E-state index in [-0.39, 0.29) is 17.2 Å². The number of nitrogens with zero attached hydrogens (tertiary/aromatic N) is 4. The smallest absolute Gasteiger partial charge is 0.419 e. The molecule has 44 heavy (non-hydrogen) atoms. The Labute approximate surface area is 258 Å². The minimum Gasteiger partial charge on any atom is -0.443 e. The zero-order valence-electron chi connectivity index (χ0n) is 26.4. The van der Waals surface area contributed by atoms with E-state index in [1.54, 1.807) is 24.5 Å². The van der Waals surface area contributed by atoms with Crippen molar-refractivity contribution in [3.63, 3.8) is 0 Å². The van der Waals surface area contributed by atoms with Gasteiger partial charge in [-0.2, -0.15) is 0 Å². The van der Waals surface area contributed by atoms with Crippen LogP contribution < -0.4 is 5.32 Å². The molecule has 0 radical (unpaired) electrons. The highest BCUT2D eigenvalue weighted by Gasteiger charge is 2.29. The van der Waals surface area contributed by atoms with Crippen LogP contribution in [-0.2, 0) is 16.1 Å². The molecule has 2 aromatic heterocycles. The lowest BCUT2D eigenvalue weighted by Gasteiger charge is -2.37. The van der Waals surface area contributed by atoms with Crippen LogP contribution in [-0.4, -0.2) is 69.0 Å². The SMILES string of the molecule is CC(C)(C)OC(=O)n1cc(C(=O)Nc2ccncc2)c2cc(-c3ccc(CN4CCN(C(=O)C(C)(C)C)CC4)cc3)ccc21. The normalized spacial score (nSPS) is 14.5. The lowest BCUT2D eigenvalue weighted by Crippen LogP contribution is -2.51. The van der Waals surface area contributed by atoms with Crippen LogP contribution in [0.15, 0.2) is 73.2 Å². The molecule has 1 N–H and O–H groups in total. The molecule has 0 bridgehead atoms. The summed E-state index contributed by atoms with van der Waals surface area (Å²) in [6.45, 7) is 15.3. The quantitative estimate of drug-likeness (QED) is 0.286. The maximum atomic E-state index is 13.4. The molecular weight excluding hydrogens is 554 g/mol. The van der Waals surface area contributed by atoms with Crippen molar-refractivity contribution in [2.24, 2.45) is 5.41 Å². The highest BCUT2D eigenvalue weighted by molar-refractivity contribution is 6.14. The molecule has 2 aromatic carbocycles. The Morgan fingerprint density at radius 2 is 1.48 bits per heavy atom. The lowest BCUT2D eigenvalue weighted by molar-refractivity contribution is -0.141. The average Bonchev–Trinajstić information content (AvgIpc) is 3.36. The number of nitrogens with one attached hydrogen (secondary N) is 1. The number of hydrogen-bond acceptors (Lipinski definition) is 6. The molecule has 1 aliphatic heterocycles. The standard InChI is InChI=1S/C35H41N5O4/c1-34(2,3)32(42)39-19-17-38(18-20-39)22-24-7-9-25(10-8-24)26-11-12-30-28(21-26)29(23-40(30)33(43)44-35(4,5)6)31(41)37-27-13-15-36-16-14-27/h7-16,21,23H,17-20,22H2,1-6H3,(H,36,37,41). The summed E-state index contributed by atoms with van der Waals surface area (Å²) in [5, 5.41) is 3.55. The van der Waals surface area contributed by atoms with Crippen molar-refractivity contribution >= 4 is 34.5 Å². The van der Waals surface area contributed by atoms with Crippen LogP contribution in [0.3, 0.4) is 0 Å². The number of fused-ring (bicyclic) bond motifs is 1. The van der Waals surface area contributed by atoms with Crippen molar-refractivity contribution in [3.8, 4) is 11.1 Å². The average molecular weight is 596 g/mol. The molecule has 0 spiro atoms. The number of piperazine rings is 1. The summed E-state index contributed by atoms with van der Waals surface area (Å²) in [6, 6.07) is 17.6. The van der Waals surface area contributed by atoms with Crippen molar-refractivity contribution in [3.05, 3.63) is 84.3 Å². The maximum absolute atomic E-state index is 13.4. The molecule has 0 unspecified atom stereocenters. The number of benzene rings is 2. The van der Waals surface area contributed by atoms with E-state index in [1.165, 1.54) is 16.3 Å². The summed E-state index contributed by atoms with van der Waals surface area (Å²) >= 11 is 0. The first-order valence-corrected chi connectivity index (χ1v) is 15.0. The summed E-state index contributed by atoms with van der Waals surface area (Å²) in [5.74, 6) is -0.127. The molecule has 0 saturated carbocycles. The zero-order chi connectivity index (χ0) is 31.6. The largest absolute Gasteiger partial charge is 0.443 e. The van der Waals surface area contributed by atoms with E-state index >= 15 is 0 Å². The molecule has 3 heterocycles. The van der Waals surface area contributed by atoms with E-state index in [0.717, 1.165) is 43.9 Å². The van der Waals surface area contributed by atoms with E-state index in [0.29, 0.717) is 22.2 Å². The predicted molar refractivity (Wildman–Crippen MR) is 173 cm³/mol. The Kier molecular flexibility index (Phi) is 8.61. The van der Waals surface area contributed by atoms with Crippen molar-refractivity contribution in [1.29, 1.82) is 0 Å². The molecule has 4 aromatic rings. The van der Waals surface area contributed by atoms with E-state index in [1.807, 2.05) is 64.6 Å². The predicted octanol–water partition coefficient (Wildman–Crippen LogP) is 6.43. The minimum atomic E-state index is -0.688. The number of anilines is 1. The van der Waals surface area contributed by atoms with Gasteiger partial charge in [-0.1, -0.05) is 51.1 Å². The second-order valence-electron chi connectivity index (χ2n) is 13.3. The van der Waals surface area contributed by atoms with Gasteiger partial charge < -0.3 is 15.0 Å². The molecule has 5 rings (SSSR count). The number of aromatic nitrogens is 2. The third kappa shape index (κ3) is 7.17. The number of pyridine rings is 1. The zero-order valence-corrected chi connectivity index (χ0v) is 26.4. The molecule has 1 saturated heterocycles. The first-order valence-electron chi connectivity index (χ1n) is 15.0. The molecule has 0 atom stereocenters. The molecule has 2 amide bonds. The number of carbonyl (C=O) groups is 3. The van der Waals surface area contributed by atoms with Gasteiger partial charge in [0.1, 0.15) is 5.60 Å². The van der Waals surface area contributed by atoms with Gasteiger partial charge in [-0.25, -0.2) is 4.79 Å². The van der Waals surface area contributed by atoms with E-state index in [4.69, 9.17) is 4.74 Å². The summed E-state index contributed by atoms with van der Waals surface area (Å²) < 4.78 is 7.02. The van der Waals surface area contributed by atoms with Gasteiger partial charge in [-0.3, -0.25) is 24.0 Å². The Hall–Kier alpha value is -4.50. The van der Waals surface area contributed by atoms with Gasteiger partial charge in [0.25, 0.3) is 5.91 Å². The van der Waals surface area contributed by atoms with E-state index in [2.05, 4.69) is 39.5 Å². The first-order chi connectivity index (χ1) is 20.8. The molecule has 1 fully saturated rings. The fourth-order valence-corrected chi connectivity index (χ4v) is 5.33. The van der Waals surface area contributed by atoms with Gasteiger partial charge >= 0.3 is 6.09 Å². The fraction of sp³-hybridized carbons (Fsp3) is 0.371. The Morgan fingerprint density at radius 1 is 0.841 bits per heavy atom. The van der Waals surface area contributed by atoms with Crippen LogP contribution in [0.2, 0.25) is 0 Å². The highest BCUT2D eigenvalue weighted by Crippen LogP contribution is 2.30. The summed E-state index contributed by atoms with van der Waals surface area (Å²) in [7, 11) is 0. The first kappa shape index (κ1) is 30.9. The number of rotatable bonds is 5. The number of carbonyl (C=O) groups excluding carboxylic acids is 3. The van der Waals surface area contributed by atoms with Gasteiger partial charge in [0.2, 0.25) is 5.91 Å². The Morgan fingerprint density at radius 3 is 2.09 bits per heavy atom. The van der Waals surface area contributed by atoms with E-state index < -0.39 is 11.7 Å². The van der Waals surface area contributed by atoms with Gasteiger partial charge in [-0.05, 0) is 61.7 Å². The molecule has 1 aliphatic rings. The third-order valence-electron chi connectivity index (χ3n) is 7.57. The summed E-state index contributed by atoms with van der Waals surface area (Å²) in [5.41, 5.74) is 3.64. The Bertz CT molecular complexity index is 1660. The minimum absolute atomic E-state index is 0.206. The molecule has 9 nitrogen and oxygen atoms in total. The fourth-order valence-electron chi connectivity index (χ4n) is 5.33. The molecular formula is C35H41N5O4. The summed E-state index contributed by atoms with van der Waals surface area (Å²) in [6.07, 6.45) is 4.20. The second kappa shape index (κ2) is 12.2. The van der Waals surface area contributed by atoms with Crippen molar-refractivity contribution in [1.82, 2.24) is 19.4 Å². The van der Waals surface area contributed by atoms with Crippen LogP contribution in [0.25, 0.3) is 22.0 Å². The molecule has 230 valence electrons. The number of ether oxygens (including phenoxy) is 1. The van der Waals surface area contributed by atoms with Crippen molar-refractivity contribution in [2.75, 3.05) is 31.5 Å². The number of hydrogen-bond donors (Lipinski definition) is 1. The van der Waals surface area contributed by atoms with Crippen molar-refractivity contribution < 1.29 is 19.1 Å². The van der Waals surface area contributed by atoms with Crippen molar-refractivity contribution in [2.45, 2.75) is 53.7 Å². The summed E-state index contributed by atoms with van der Waals surface area (Å²) in [4.78, 5) is 47.5. The van der Waals surface area contributed by atoms with Crippen LogP contribution in [0.5, 0.6) is 0 Å². The number of amides is 2. The van der Waals surface area contributed by atoms with Crippen LogP contribution in [0.1, 0.15) is 57.5 Å². The van der Waals surface area contributed by atoms with Gasteiger partial charge in [-0.15, -0.1) is 0 Å². The third-order valence-corrected chi connectivity index (χ3v) is 7.57. The topological polar surface area (TPSA) is 96.8 Å². The highest BCUT2D eigenvalue weighted by atomic mass is 16.6. The second-order valence-corrected chi connectivity index (χ2v) is 13.3. The van der Waals surface area contributed by atoms with Gasteiger partial charge in [0, 0.05) is 67.8 Å².